The van der Waals surface area contributed by atoms with Crippen molar-refractivity contribution < 1.29 is 5.11 Å². The molecular weight excluding hydrogens is 252 g/mol. The first-order valence-corrected chi connectivity index (χ1v) is 5.96. The van der Waals surface area contributed by atoms with Gasteiger partial charge in [0.25, 0.3) is 0 Å². The standard InChI is InChI=1S/C13H15BrO/c1-9(2)11-5-10(6-12(14)7-11)8-13(15)3-4-13/h5-7,15H,1,3-4,8H2,2H3. The van der Waals surface area contributed by atoms with E-state index in [1.54, 1.807) is 0 Å². The number of halogens is 1. The summed E-state index contributed by atoms with van der Waals surface area (Å²) in [4.78, 5) is 0. The fourth-order valence-electron chi connectivity index (χ4n) is 1.70. The summed E-state index contributed by atoms with van der Waals surface area (Å²) >= 11 is 3.49. The predicted molar refractivity (Wildman–Crippen MR) is 66.7 cm³/mol. The molecular formula is C13H15BrO. The molecule has 0 aliphatic heterocycles. The topological polar surface area (TPSA) is 20.2 Å². The van der Waals surface area contributed by atoms with Gasteiger partial charge in [0.15, 0.2) is 0 Å². The molecule has 0 aromatic heterocycles. The maximum absolute atomic E-state index is 9.86. The number of aliphatic hydroxyl groups is 1. The van der Waals surface area contributed by atoms with Crippen LogP contribution in [-0.4, -0.2) is 10.7 Å². The van der Waals surface area contributed by atoms with Crippen LogP contribution < -0.4 is 0 Å². The van der Waals surface area contributed by atoms with E-state index in [0.29, 0.717) is 0 Å². The largest absolute Gasteiger partial charge is 0.390 e. The molecule has 15 heavy (non-hydrogen) atoms. The van der Waals surface area contributed by atoms with Crippen LogP contribution >= 0.6 is 15.9 Å². The Morgan fingerprint density at radius 3 is 2.67 bits per heavy atom. The molecule has 1 fully saturated rings. The monoisotopic (exact) mass is 266 g/mol. The van der Waals surface area contributed by atoms with Crippen LogP contribution in [0.15, 0.2) is 29.3 Å². The zero-order valence-electron chi connectivity index (χ0n) is 8.89. The molecule has 2 rings (SSSR count). The van der Waals surface area contributed by atoms with Gasteiger partial charge in [-0.05, 0) is 43.0 Å². The van der Waals surface area contributed by atoms with E-state index < -0.39 is 5.60 Å². The molecule has 1 aliphatic rings. The van der Waals surface area contributed by atoms with Crippen molar-refractivity contribution in [1.29, 1.82) is 0 Å². The van der Waals surface area contributed by atoms with Crippen molar-refractivity contribution >= 4 is 21.5 Å². The van der Waals surface area contributed by atoms with Gasteiger partial charge in [-0.1, -0.05) is 34.1 Å². The summed E-state index contributed by atoms with van der Waals surface area (Å²) in [5.74, 6) is 0. The first-order valence-electron chi connectivity index (χ1n) is 5.16. The third kappa shape index (κ3) is 2.70. The summed E-state index contributed by atoms with van der Waals surface area (Å²) < 4.78 is 1.06. The molecule has 1 saturated carbocycles. The van der Waals surface area contributed by atoms with Gasteiger partial charge in [-0.15, -0.1) is 0 Å². The van der Waals surface area contributed by atoms with Crippen LogP contribution in [0.5, 0.6) is 0 Å². The Morgan fingerprint density at radius 1 is 1.47 bits per heavy atom. The molecule has 1 aromatic carbocycles. The van der Waals surface area contributed by atoms with E-state index in [2.05, 4.69) is 40.7 Å². The maximum Gasteiger partial charge on any atom is 0.0690 e. The van der Waals surface area contributed by atoms with E-state index in [1.807, 2.05) is 6.92 Å². The van der Waals surface area contributed by atoms with Crippen LogP contribution in [0.1, 0.15) is 30.9 Å². The van der Waals surface area contributed by atoms with Crippen molar-refractivity contribution in [2.75, 3.05) is 0 Å². The van der Waals surface area contributed by atoms with Crippen LogP contribution in [0.4, 0.5) is 0 Å². The fraction of sp³-hybridized carbons (Fsp3) is 0.385. The lowest BCUT2D eigenvalue weighted by Crippen LogP contribution is -2.10. The van der Waals surface area contributed by atoms with E-state index in [0.717, 1.165) is 34.9 Å². The second-order valence-electron chi connectivity index (χ2n) is 4.53. The van der Waals surface area contributed by atoms with Crippen LogP contribution in [0.25, 0.3) is 5.57 Å². The Hall–Kier alpha value is -0.600. The number of benzene rings is 1. The fourth-order valence-corrected chi connectivity index (χ4v) is 2.24. The Kier molecular flexibility index (Phi) is 2.73. The zero-order valence-corrected chi connectivity index (χ0v) is 10.5. The third-order valence-corrected chi connectivity index (χ3v) is 3.27. The molecule has 1 aliphatic carbocycles. The van der Waals surface area contributed by atoms with E-state index in [4.69, 9.17) is 0 Å². The van der Waals surface area contributed by atoms with Crippen LogP contribution in [0.2, 0.25) is 0 Å². The van der Waals surface area contributed by atoms with E-state index in [-0.39, 0.29) is 0 Å². The SMILES string of the molecule is C=C(C)c1cc(Br)cc(CC2(O)CC2)c1. The van der Waals surface area contributed by atoms with Gasteiger partial charge in [0, 0.05) is 10.9 Å². The second kappa shape index (κ2) is 3.76. The smallest absolute Gasteiger partial charge is 0.0690 e. The Morgan fingerprint density at radius 2 is 2.13 bits per heavy atom. The molecule has 0 spiro atoms. The lowest BCUT2D eigenvalue weighted by molar-refractivity contribution is 0.151. The van der Waals surface area contributed by atoms with E-state index >= 15 is 0 Å². The Bertz CT molecular complexity index is 405. The normalized spacial score (nSPS) is 17.5. The molecule has 80 valence electrons. The molecule has 0 radical (unpaired) electrons. The van der Waals surface area contributed by atoms with Crippen LogP contribution in [-0.2, 0) is 6.42 Å². The zero-order chi connectivity index (χ0) is 11.1. The van der Waals surface area contributed by atoms with Crippen molar-refractivity contribution in [1.82, 2.24) is 0 Å². The lowest BCUT2D eigenvalue weighted by Gasteiger charge is -2.10. The van der Waals surface area contributed by atoms with Gasteiger partial charge >= 0.3 is 0 Å². The minimum atomic E-state index is -0.423. The van der Waals surface area contributed by atoms with Crippen molar-refractivity contribution in [3.63, 3.8) is 0 Å². The first kappa shape index (κ1) is 10.9. The Labute approximate surface area is 99.0 Å². The van der Waals surface area contributed by atoms with E-state index in [9.17, 15) is 5.11 Å². The highest BCUT2D eigenvalue weighted by molar-refractivity contribution is 9.10. The van der Waals surface area contributed by atoms with Crippen LogP contribution in [0, 0.1) is 0 Å². The average molecular weight is 267 g/mol. The van der Waals surface area contributed by atoms with Gasteiger partial charge in [-0.3, -0.25) is 0 Å². The lowest BCUT2D eigenvalue weighted by atomic mass is 10.0. The predicted octanol–water partition coefficient (Wildman–Crippen LogP) is 3.55. The summed E-state index contributed by atoms with van der Waals surface area (Å²) in [6.07, 6.45) is 2.62. The van der Waals surface area contributed by atoms with Crippen molar-refractivity contribution in [2.45, 2.75) is 31.8 Å². The highest BCUT2D eigenvalue weighted by Gasteiger charge is 2.40. The summed E-state index contributed by atoms with van der Waals surface area (Å²) in [5, 5.41) is 9.86. The minimum Gasteiger partial charge on any atom is -0.390 e. The summed E-state index contributed by atoms with van der Waals surface area (Å²) in [5.41, 5.74) is 2.96. The van der Waals surface area contributed by atoms with Crippen molar-refractivity contribution in [3.05, 3.63) is 40.4 Å². The molecule has 1 nitrogen and oxygen atoms in total. The van der Waals surface area contributed by atoms with Crippen molar-refractivity contribution in [2.24, 2.45) is 0 Å². The third-order valence-electron chi connectivity index (χ3n) is 2.81. The quantitative estimate of drug-likeness (QED) is 0.887. The molecule has 1 N–H and O–H groups in total. The van der Waals surface area contributed by atoms with Crippen LogP contribution in [0.3, 0.4) is 0 Å². The molecule has 0 heterocycles. The number of rotatable bonds is 3. The van der Waals surface area contributed by atoms with Gasteiger partial charge < -0.3 is 5.11 Å². The number of allylic oxidation sites excluding steroid dienone is 1. The highest BCUT2D eigenvalue weighted by Crippen LogP contribution is 2.38. The van der Waals surface area contributed by atoms with Gasteiger partial charge in [-0.2, -0.15) is 0 Å². The highest BCUT2D eigenvalue weighted by atomic mass is 79.9. The molecule has 0 atom stereocenters. The summed E-state index contributed by atoms with van der Waals surface area (Å²) in [6.45, 7) is 5.93. The van der Waals surface area contributed by atoms with Gasteiger partial charge in [0.2, 0.25) is 0 Å². The number of hydrogen-bond donors (Lipinski definition) is 1. The van der Waals surface area contributed by atoms with Crippen molar-refractivity contribution in [3.8, 4) is 0 Å². The minimum absolute atomic E-state index is 0.423. The van der Waals surface area contributed by atoms with Gasteiger partial charge in [0.1, 0.15) is 0 Å². The summed E-state index contributed by atoms with van der Waals surface area (Å²) in [6, 6.07) is 6.24. The van der Waals surface area contributed by atoms with Gasteiger partial charge in [-0.25, -0.2) is 0 Å². The maximum atomic E-state index is 9.86. The number of hydrogen-bond acceptors (Lipinski definition) is 1. The molecule has 0 amide bonds. The second-order valence-corrected chi connectivity index (χ2v) is 5.45. The van der Waals surface area contributed by atoms with E-state index in [1.165, 1.54) is 5.56 Å². The molecule has 0 bridgehead atoms. The molecule has 0 saturated heterocycles. The molecule has 2 heteroatoms. The summed E-state index contributed by atoms with van der Waals surface area (Å²) in [7, 11) is 0. The molecule has 1 aromatic rings. The average Bonchev–Trinajstić information content (AvgIpc) is 2.81. The van der Waals surface area contributed by atoms with Gasteiger partial charge in [0.05, 0.1) is 5.60 Å². The Balaban J connectivity index is 2.27. The first-order chi connectivity index (χ1) is 6.98. The molecule has 0 unspecified atom stereocenters.